The molecule has 8 heteroatoms. The van der Waals surface area contributed by atoms with Gasteiger partial charge in [-0.05, 0) is 40.0 Å². The number of aliphatic hydroxyl groups is 1. The number of benzene rings is 3. The molecule has 0 saturated heterocycles. The molecule has 0 aliphatic heterocycles. The Morgan fingerprint density at radius 3 is 2.31 bits per heavy atom. The zero-order valence-electron chi connectivity index (χ0n) is 18.0. The first kappa shape index (κ1) is 24.6. The Labute approximate surface area is 206 Å². The van der Waals surface area contributed by atoms with Crippen LogP contribution in [0.5, 0.6) is 11.5 Å². The van der Waals surface area contributed by atoms with Crippen LogP contribution >= 0.6 is 39.1 Å². The predicted octanol–water partition coefficient (Wildman–Crippen LogP) is 6.16. The molecule has 0 aliphatic rings. The van der Waals surface area contributed by atoms with E-state index in [0.29, 0.717) is 44.5 Å². The number of nitrogens with zero attached hydrogens (tertiary/aromatic N) is 1. The Hall–Kier alpha value is -1.99. The van der Waals surface area contributed by atoms with Crippen molar-refractivity contribution in [2.75, 3.05) is 34.4 Å². The van der Waals surface area contributed by atoms with Gasteiger partial charge in [0.1, 0.15) is 16.0 Å². The highest BCUT2D eigenvalue weighted by Gasteiger charge is 2.27. The lowest BCUT2D eigenvalue weighted by Crippen LogP contribution is -2.32. The average Bonchev–Trinajstić information content (AvgIpc) is 2.79. The van der Waals surface area contributed by atoms with Crippen molar-refractivity contribution in [3.05, 3.63) is 68.1 Å². The molecule has 0 aromatic heterocycles. The van der Waals surface area contributed by atoms with Crippen molar-refractivity contribution in [2.24, 2.45) is 0 Å². The maximum atomic E-state index is 13.7. The Bertz CT molecular complexity index is 1140. The summed E-state index contributed by atoms with van der Waals surface area (Å²) in [6, 6.07) is 12.9. The Kier molecular flexibility index (Phi) is 8.28. The molecule has 0 aliphatic carbocycles. The fourth-order valence-electron chi connectivity index (χ4n) is 3.85. The van der Waals surface area contributed by atoms with Gasteiger partial charge in [-0.2, -0.15) is 0 Å². The van der Waals surface area contributed by atoms with Crippen LogP contribution in [-0.4, -0.2) is 50.3 Å². The molecule has 1 unspecified atom stereocenters. The quantitative estimate of drug-likeness (QED) is 0.371. The minimum Gasteiger partial charge on any atom is -0.495 e. The number of hydrogen-bond donors (Lipinski definition) is 1. The van der Waals surface area contributed by atoms with Gasteiger partial charge in [-0.15, -0.1) is 0 Å². The summed E-state index contributed by atoms with van der Waals surface area (Å²) in [5, 5.41) is 12.0. The summed E-state index contributed by atoms with van der Waals surface area (Å²) in [4.78, 5) is 15.3. The summed E-state index contributed by atoms with van der Waals surface area (Å²) in [6.07, 6.45) is 0.472. The van der Waals surface area contributed by atoms with Crippen LogP contribution in [0, 0.1) is 0 Å². The number of hydrogen-bond acceptors (Lipinski definition) is 4. The smallest absolute Gasteiger partial charge is 0.258 e. The van der Waals surface area contributed by atoms with E-state index >= 15 is 0 Å². The van der Waals surface area contributed by atoms with E-state index in [1.54, 1.807) is 31.2 Å². The Balaban J connectivity index is 2.03. The molecule has 170 valence electrons. The van der Waals surface area contributed by atoms with E-state index in [2.05, 4.69) is 15.9 Å². The molecule has 1 N–H and O–H groups in total. The number of methoxy groups -OCH3 is 2. The number of likely N-dealkylation sites (N-methyl/N-ethyl adjacent to an activating group) is 1. The van der Waals surface area contributed by atoms with Gasteiger partial charge in [-0.1, -0.05) is 53.5 Å². The lowest BCUT2D eigenvalue weighted by molar-refractivity contribution is 0.0779. The lowest BCUT2D eigenvalue weighted by atomic mass is 9.94. The number of fused-ring (bicyclic) bond motifs is 1. The van der Waals surface area contributed by atoms with Crippen LogP contribution in [0.25, 0.3) is 10.8 Å². The lowest BCUT2D eigenvalue weighted by Gasteiger charge is -2.26. The first-order chi connectivity index (χ1) is 15.3. The van der Waals surface area contributed by atoms with Crippen molar-refractivity contribution in [3.63, 3.8) is 0 Å². The van der Waals surface area contributed by atoms with E-state index < -0.39 is 0 Å². The molecular weight excluding hydrogens is 517 g/mol. The number of amides is 1. The number of halogens is 3. The minimum atomic E-state index is -0.204. The van der Waals surface area contributed by atoms with E-state index in [1.807, 2.05) is 30.3 Å². The van der Waals surface area contributed by atoms with Crippen molar-refractivity contribution < 1.29 is 19.4 Å². The van der Waals surface area contributed by atoms with Gasteiger partial charge < -0.3 is 19.5 Å². The van der Waals surface area contributed by atoms with E-state index in [-0.39, 0.29) is 18.4 Å². The van der Waals surface area contributed by atoms with Crippen LogP contribution in [0.2, 0.25) is 10.0 Å². The molecule has 3 rings (SSSR count). The molecule has 3 aromatic carbocycles. The van der Waals surface area contributed by atoms with Gasteiger partial charge in [-0.3, -0.25) is 4.79 Å². The van der Waals surface area contributed by atoms with Crippen LogP contribution < -0.4 is 9.47 Å². The molecule has 0 fully saturated rings. The van der Waals surface area contributed by atoms with Crippen molar-refractivity contribution in [3.8, 4) is 11.5 Å². The molecule has 1 atom stereocenters. The molecule has 0 saturated carbocycles. The number of ether oxygens (including phenoxy) is 2. The van der Waals surface area contributed by atoms with Gasteiger partial charge in [0.05, 0.1) is 29.8 Å². The van der Waals surface area contributed by atoms with Crippen molar-refractivity contribution in [1.29, 1.82) is 0 Å². The van der Waals surface area contributed by atoms with Crippen LogP contribution in [0.4, 0.5) is 0 Å². The normalized spacial score (nSPS) is 12.0. The predicted molar refractivity (Wildman–Crippen MR) is 133 cm³/mol. The van der Waals surface area contributed by atoms with Gasteiger partial charge in [0, 0.05) is 36.9 Å². The van der Waals surface area contributed by atoms with Gasteiger partial charge in [0.15, 0.2) is 0 Å². The summed E-state index contributed by atoms with van der Waals surface area (Å²) < 4.78 is 11.8. The second-order valence-corrected chi connectivity index (χ2v) is 8.98. The van der Waals surface area contributed by atoms with Crippen molar-refractivity contribution in [1.82, 2.24) is 4.90 Å². The van der Waals surface area contributed by atoms with Crippen LogP contribution in [0.3, 0.4) is 0 Å². The first-order valence-corrected chi connectivity index (χ1v) is 11.5. The maximum absolute atomic E-state index is 13.7. The van der Waals surface area contributed by atoms with E-state index in [4.69, 9.17) is 32.7 Å². The summed E-state index contributed by atoms with van der Waals surface area (Å²) in [5.74, 6) is 0.684. The highest BCUT2D eigenvalue weighted by molar-refractivity contribution is 9.10. The number of rotatable bonds is 8. The maximum Gasteiger partial charge on any atom is 0.258 e. The number of aliphatic hydroxyl groups excluding tert-OH is 1. The topological polar surface area (TPSA) is 59.0 Å². The van der Waals surface area contributed by atoms with Crippen molar-refractivity contribution >= 4 is 55.8 Å². The third-order valence-electron chi connectivity index (χ3n) is 5.42. The highest BCUT2D eigenvalue weighted by atomic mass is 79.9. The zero-order valence-corrected chi connectivity index (χ0v) is 21.1. The first-order valence-electron chi connectivity index (χ1n) is 9.97. The average molecular weight is 541 g/mol. The summed E-state index contributed by atoms with van der Waals surface area (Å²) in [7, 11) is 4.84. The highest BCUT2D eigenvalue weighted by Crippen LogP contribution is 2.44. The standard InChI is InChI=1S/C24H24BrCl2NO4/c1-28(13-15(10-11-29)14-8-9-18(26)19(27)12-14)24(30)20-16-6-4-5-7-17(16)22(31-2)21(25)23(20)32-3/h4-9,12,15,29H,10-11,13H2,1-3H3. The molecular formula is C24H24BrCl2NO4. The van der Waals surface area contributed by atoms with E-state index in [0.717, 1.165) is 16.3 Å². The van der Waals surface area contributed by atoms with Gasteiger partial charge in [0.25, 0.3) is 5.91 Å². The van der Waals surface area contributed by atoms with Crippen LogP contribution in [0.15, 0.2) is 46.9 Å². The molecule has 1 amide bonds. The molecule has 5 nitrogen and oxygen atoms in total. The molecule has 0 spiro atoms. The van der Waals surface area contributed by atoms with Crippen LogP contribution in [0.1, 0.15) is 28.3 Å². The Morgan fingerprint density at radius 1 is 1.06 bits per heavy atom. The summed E-state index contributed by atoms with van der Waals surface area (Å²) in [6.45, 7) is 0.353. The van der Waals surface area contributed by atoms with Gasteiger partial charge in [0.2, 0.25) is 0 Å². The second kappa shape index (κ2) is 10.8. The third kappa shape index (κ3) is 4.84. The Morgan fingerprint density at radius 2 is 1.72 bits per heavy atom. The zero-order chi connectivity index (χ0) is 23.4. The van der Waals surface area contributed by atoms with Crippen LogP contribution in [-0.2, 0) is 0 Å². The molecule has 0 heterocycles. The third-order valence-corrected chi connectivity index (χ3v) is 6.88. The number of carbonyl (C=O) groups excluding carboxylic acids is 1. The SMILES string of the molecule is COc1c(Br)c(OC)c2ccccc2c1C(=O)N(C)CC(CCO)c1ccc(Cl)c(Cl)c1. The van der Waals surface area contributed by atoms with E-state index in [9.17, 15) is 9.90 Å². The summed E-state index contributed by atoms with van der Waals surface area (Å²) >= 11 is 15.8. The second-order valence-electron chi connectivity index (χ2n) is 7.37. The molecule has 0 radical (unpaired) electrons. The molecule has 3 aromatic rings. The minimum absolute atomic E-state index is 0.0206. The molecule has 32 heavy (non-hydrogen) atoms. The van der Waals surface area contributed by atoms with Crippen molar-refractivity contribution in [2.45, 2.75) is 12.3 Å². The summed E-state index contributed by atoms with van der Waals surface area (Å²) in [5.41, 5.74) is 1.34. The number of carbonyl (C=O) groups is 1. The molecule has 0 bridgehead atoms. The fraction of sp³-hybridized carbons (Fsp3) is 0.292. The monoisotopic (exact) mass is 539 g/mol. The fourth-order valence-corrected chi connectivity index (χ4v) is 4.89. The van der Waals surface area contributed by atoms with Gasteiger partial charge in [-0.25, -0.2) is 0 Å². The van der Waals surface area contributed by atoms with Gasteiger partial charge >= 0.3 is 0 Å². The largest absolute Gasteiger partial charge is 0.495 e. The van der Waals surface area contributed by atoms with E-state index in [1.165, 1.54) is 7.11 Å².